The number of fused-ring (bicyclic) bond motifs is 1. The minimum Gasteiger partial charge on any atom is -0.504 e. The number of carbonyl (C=O) groups excluding carboxylic acids is 1. The molecule has 16 heteroatoms. The largest absolute Gasteiger partial charge is 0.504 e. The zero-order chi connectivity index (χ0) is 44.5. The molecular weight excluding hydrogens is 844 g/mol. The van der Waals surface area contributed by atoms with Crippen LogP contribution in [0.5, 0.6) is 23.0 Å². The number of benzene rings is 5. The van der Waals surface area contributed by atoms with Gasteiger partial charge in [0.15, 0.2) is 11.5 Å². The molecule has 1 aliphatic heterocycles. The summed E-state index contributed by atoms with van der Waals surface area (Å²) in [4.78, 5) is 32.8. The third kappa shape index (κ3) is 9.60. The molecule has 326 valence electrons. The highest BCUT2D eigenvalue weighted by Gasteiger charge is 2.32. The molecule has 0 atom stereocenters. The number of carbonyl (C=O) groups is 1. The SMILES string of the molecule is COc1ccc(Nc2c([N+](=O)[O-])cccc2S(=O)(=O)NC(=O)c2ccc(N3CCN(CC4=C(c5ccc(Cl)cc5)CC(C)(C)CC4)CC3)cc2Oc2ccc3[nH]ccc3c2)cc1O. The Morgan fingerprint density at radius 2 is 1.73 bits per heavy atom. The number of methoxy groups -OCH3 is 1. The zero-order valence-electron chi connectivity index (χ0n) is 35.0. The van der Waals surface area contributed by atoms with Crippen molar-refractivity contribution < 1.29 is 32.7 Å². The number of allylic oxidation sites excluding steroid dienone is 1. The number of halogens is 1. The van der Waals surface area contributed by atoms with Crippen molar-refractivity contribution in [1.29, 1.82) is 0 Å². The first-order chi connectivity index (χ1) is 30.2. The van der Waals surface area contributed by atoms with Gasteiger partial charge in [-0.3, -0.25) is 19.8 Å². The molecule has 14 nitrogen and oxygen atoms in total. The maximum Gasteiger partial charge on any atom is 0.294 e. The highest BCUT2D eigenvalue weighted by Crippen LogP contribution is 2.44. The summed E-state index contributed by atoms with van der Waals surface area (Å²) in [6.07, 6.45) is 4.96. The van der Waals surface area contributed by atoms with Crippen molar-refractivity contribution in [2.75, 3.05) is 50.1 Å². The number of phenols is 1. The number of amides is 1. The Hall–Kier alpha value is -6.55. The van der Waals surface area contributed by atoms with Crippen molar-refractivity contribution in [3.63, 3.8) is 0 Å². The number of nitro groups is 1. The van der Waals surface area contributed by atoms with Gasteiger partial charge in [0.1, 0.15) is 22.1 Å². The Morgan fingerprint density at radius 1 is 0.952 bits per heavy atom. The number of piperazine rings is 1. The lowest BCUT2D eigenvalue weighted by Crippen LogP contribution is -2.47. The number of aromatic nitrogens is 1. The number of sulfonamides is 1. The molecular formula is C47H47ClN6O8S. The first kappa shape index (κ1) is 43.1. The Labute approximate surface area is 370 Å². The smallest absolute Gasteiger partial charge is 0.294 e. The van der Waals surface area contributed by atoms with Gasteiger partial charge in [0.05, 0.1) is 17.6 Å². The first-order valence-electron chi connectivity index (χ1n) is 20.5. The molecule has 0 bridgehead atoms. The summed E-state index contributed by atoms with van der Waals surface area (Å²) in [5, 5.41) is 26.8. The molecule has 1 aromatic heterocycles. The van der Waals surface area contributed by atoms with Crippen molar-refractivity contribution in [2.45, 2.75) is 38.0 Å². The topological polar surface area (TPSA) is 179 Å². The first-order valence-corrected chi connectivity index (χ1v) is 22.3. The lowest BCUT2D eigenvalue weighted by Gasteiger charge is -2.39. The third-order valence-electron chi connectivity index (χ3n) is 11.7. The van der Waals surface area contributed by atoms with E-state index in [0.29, 0.717) is 18.8 Å². The number of hydrogen-bond acceptors (Lipinski definition) is 11. The number of aromatic hydroxyl groups is 1. The fourth-order valence-corrected chi connectivity index (χ4v) is 9.54. The van der Waals surface area contributed by atoms with Gasteiger partial charge in [-0.05, 0) is 103 Å². The van der Waals surface area contributed by atoms with Crippen molar-refractivity contribution in [1.82, 2.24) is 14.6 Å². The number of para-hydroxylation sites is 1. The number of nitrogens with zero attached hydrogens (tertiary/aromatic N) is 3. The molecule has 2 heterocycles. The van der Waals surface area contributed by atoms with Gasteiger partial charge in [-0.2, -0.15) is 0 Å². The van der Waals surface area contributed by atoms with E-state index in [0.717, 1.165) is 72.6 Å². The third-order valence-corrected chi connectivity index (χ3v) is 13.3. The second kappa shape index (κ2) is 17.7. The number of nitro benzene ring substituents is 1. The number of nitrogens with one attached hydrogen (secondary N) is 3. The fraction of sp³-hybridized carbons (Fsp3) is 0.255. The van der Waals surface area contributed by atoms with Crippen molar-refractivity contribution in [3.8, 4) is 23.0 Å². The maximum atomic E-state index is 14.1. The van der Waals surface area contributed by atoms with Crippen LogP contribution in [0.15, 0.2) is 120 Å². The Morgan fingerprint density at radius 3 is 2.46 bits per heavy atom. The van der Waals surface area contributed by atoms with Crippen LogP contribution < -0.4 is 24.4 Å². The van der Waals surface area contributed by atoms with E-state index in [1.807, 2.05) is 30.3 Å². The van der Waals surface area contributed by atoms with Crippen LogP contribution in [0.2, 0.25) is 5.02 Å². The van der Waals surface area contributed by atoms with E-state index in [9.17, 15) is 28.4 Å². The van der Waals surface area contributed by atoms with Crippen LogP contribution in [0.3, 0.4) is 0 Å². The van der Waals surface area contributed by atoms with Gasteiger partial charge in [0.2, 0.25) is 0 Å². The summed E-state index contributed by atoms with van der Waals surface area (Å²) in [6.45, 7) is 8.54. The monoisotopic (exact) mass is 890 g/mol. The van der Waals surface area contributed by atoms with E-state index < -0.39 is 37.1 Å². The van der Waals surface area contributed by atoms with Crippen molar-refractivity contribution in [2.24, 2.45) is 5.41 Å². The molecule has 1 aliphatic carbocycles. The van der Waals surface area contributed by atoms with E-state index in [-0.39, 0.29) is 33.9 Å². The Kier molecular flexibility index (Phi) is 12.1. The second-order valence-electron chi connectivity index (χ2n) is 16.6. The molecule has 1 fully saturated rings. The predicted molar refractivity (Wildman–Crippen MR) is 245 cm³/mol. The molecule has 8 rings (SSSR count). The number of hydrogen-bond donors (Lipinski definition) is 4. The van der Waals surface area contributed by atoms with E-state index >= 15 is 0 Å². The minimum atomic E-state index is -4.77. The number of rotatable bonds is 13. The van der Waals surface area contributed by atoms with Gasteiger partial charge < -0.3 is 29.8 Å². The standard InChI is InChI=1S/C47H47ClN6O8S/c1-47(2)19-17-32(38(28-47)30-7-9-33(48)10-8-30)29-52-21-23-53(24-22-52)35-12-14-37(43(27-35)62-36-13-15-39-31(25-36)18-20-49-39)46(56)51-63(59,60)44-6-4-5-40(54(57)58)45(44)50-34-11-16-42(61-3)41(55)26-34/h4-16,18,20,25-27,49-50,55H,17,19,21-24,28-29H2,1-3H3,(H,51,56). The second-order valence-corrected chi connectivity index (χ2v) is 18.6. The molecule has 0 saturated carbocycles. The number of aromatic amines is 1. The van der Waals surface area contributed by atoms with Crippen molar-refractivity contribution >= 4 is 66.8 Å². The fourth-order valence-electron chi connectivity index (χ4n) is 8.26. The van der Waals surface area contributed by atoms with Crippen LogP contribution >= 0.6 is 11.6 Å². The molecule has 6 aromatic rings. The number of anilines is 3. The Bertz CT molecular complexity index is 2850. The molecule has 0 spiro atoms. The van der Waals surface area contributed by atoms with E-state index in [4.69, 9.17) is 21.1 Å². The minimum absolute atomic E-state index is 0.0722. The van der Waals surface area contributed by atoms with Gasteiger partial charge >= 0.3 is 0 Å². The van der Waals surface area contributed by atoms with Gasteiger partial charge in [-0.15, -0.1) is 0 Å². The molecule has 4 N–H and O–H groups in total. The maximum absolute atomic E-state index is 14.1. The number of H-pyrrole nitrogens is 1. The highest BCUT2D eigenvalue weighted by atomic mass is 35.5. The van der Waals surface area contributed by atoms with Crippen molar-refractivity contribution in [3.05, 3.63) is 141 Å². The van der Waals surface area contributed by atoms with E-state index in [2.05, 4.69) is 50.8 Å². The summed E-state index contributed by atoms with van der Waals surface area (Å²) in [6, 6.07) is 28.0. The van der Waals surface area contributed by atoms with Crippen LogP contribution in [0.4, 0.5) is 22.7 Å². The van der Waals surface area contributed by atoms with Gasteiger partial charge in [-0.1, -0.05) is 49.2 Å². The van der Waals surface area contributed by atoms with Gasteiger partial charge in [0, 0.05) is 84.4 Å². The van der Waals surface area contributed by atoms with Crippen LogP contribution in [-0.4, -0.2) is 74.1 Å². The van der Waals surface area contributed by atoms with Crippen LogP contribution in [-0.2, 0) is 10.0 Å². The summed E-state index contributed by atoms with van der Waals surface area (Å²) >= 11 is 6.24. The average molecular weight is 891 g/mol. The quantitative estimate of drug-likeness (QED) is 0.0641. The molecule has 63 heavy (non-hydrogen) atoms. The lowest BCUT2D eigenvalue weighted by atomic mass is 9.72. The average Bonchev–Trinajstić information content (AvgIpc) is 3.73. The zero-order valence-corrected chi connectivity index (χ0v) is 36.6. The van der Waals surface area contributed by atoms with Crippen LogP contribution in [0, 0.1) is 15.5 Å². The van der Waals surface area contributed by atoms with Gasteiger partial charge in [-0.25, -0.2) is 13.1 Å². The molecule has 2 aliphatic rings. The highest BCUT2D eigenvalue weighted by molar-refractivity contribution is 7.90. The summed E-state index contributed by atoms with van der Waals surface area (Å²) in [5.41, 5.74) is 5.04. The Balaban J connectivity index is 1.05. The van der Waals surface area contributed by atoms with Crippen LogP contribution in [0.1, 0.15) is 49.0 Å². The lowest BCUT2D eigenvalue weighted by molar-refractivity contribution is -0.384. The summed E-state index contributed by atoms with van der Waals surface area (Å²) in [5.74, 6) is -0.606. The molecule has 1 amide bonds. The summed E-state index contributed by atoms with van der Waals surface area (Å²) in [7, 11) is -3.41. The molecule has 0 unspecified atom stereocenters. The summed E-state index contributed by atoms with van der Waals surface area (Å²) < 4.78 is 41.7. The van der Waals surface area contributed by atoms with Gasteiger partial charge in [0.25, 0.3) is 21.6 Å². The number of phenolic OH excluding ortho intramolecular Hbond substituents is 1. The predicted octanol–water partition coefficient (Wildman–Crippen LogP) is 9.88. The van der Waals surface area contributed by atoms with E-state index in [1.54, 1.807) is 24.4 Å². The molecule has 5 aromatic carbocycles. The molecule has 1 saturated heterocycles. The van der Waals surface area contributed by atoms with Crippen LogP contribution in [0.25, 0.3) is 16.5 Å². The number of ether oxygens (including phenoxy) is 2. The molecule has 0 radical (unpaired) electrons. The normalized spacial score (nSPS) is 15.6. The van der Waals surface area contributed by atoms with E-state index in [1.165, 1.54) is 54.2 Å².